The second kappa shape index (κ2) is 9.72. The second-order valence-corrected chi connectivity index (χ2v) is 4.09. The van der Waals surface area contributed by atoms with E-state index in [9.17, 15) is 0 Å². The first-order valence-electron chi connectivity index (χ1n) is 6.98. The Balaban J connectivity index is 2.99. The van der Waals surface area contributed by atoms with Crippen molar-refractivity contribution >= 4 is 11.9 Å². The van der Waals surface area contributed by atoms with Crippen LogP contribution in [0.1, 0.15) is 20.3 Å². The number of anilines is 2. The van der Waals surface area contributed by atoms with Crippen LogP contribution < -0.4 is 15.0 Å². The highest BCUT2D eigenvalue weighted by molar-refractivity contribution is 5.38. The van der Waals surface area contributed by atoms with E-state index in [0.29, 0.717) is 51.2 Å². The summed E-state index contributed by atoms with van der Waals surface area (Å²) in [5.41, 5.74) is 0. The van der Waals surface area contributed by atoms with E-state index in [1.165, 1.54) is 0 Å². The van der Waals surface area contributed by atoms with Crippen LogP contribution >= 0.6 is 0 Å². The molecule has 1 N–H and O–H groups in total. The van der Waals surface area contributed by atoms with Gasteiger partial charge in [0.1, 0.15) is 0 Å². The summed E-state index contributed by atoms with van der Waals surface area (Å²) in [6.45, 7) is 6.66. The highest BCUT2D eigenvalue weighted by Crippen LogP contribution is 2.15. The fourth-order valence-corrected chi connectivity index (χ4v) is 1.62. The SMILES string of the molecule is CCNc1nc(OCC)nc(N(CCC#N)CCOC)n1. The predicted molar refractivity (Wildman–Crippen MR) is 79.5 cm³/mol. The van der Waals surface area contributed by atoms with Crippen molar-refractivity contribution in [3.05, 3.63) is 0 Å². The molecule has 0 bridgehead atoms. The van der Waals surface area contributed by atoms with Crippen molar-refractivity contribution in [1.82, 2.24) is 15.0 Å². The zero-order valence-corrected chi connectivity index (χ0v) is 12.8. The van der Waals surface area contributed by atoms with Crippen LogP contribution in [0, 0.1) is 11.3 Å². The Hall–Kier alpha value is -2.14. The Labute approximate surface area is 125 Å². The Morgan fingerprint density at radius 2 is 2.05 bits per heavy atom. The molecule has 0 fully saturated rings. The van der Waals surface area contributed by atoms with Gasteiger partial charge < -0.3 is 19.7 Å². The van der Waals surface area contributed by atoms with Gasteiger partial charge in [0.2, 0.25) is 11.9 Å². The number of nitrogens with one attached hydrogen (secondary N) is 1. The highest BCUT2D eigenvalue weighted by Gasteiger charge is 2.14. The fraction of sp³-hybridized carbons (Fsp3) is 0.692. The van der Waals surface area contributed by atoms with Crippen molar-refractivity contribution in [2.45, 2.75) is 20.3 Å². The third-order valence-corrected chi connectivity index (χ3v) is 2.55. The van der Waals surface area contributed by atoms with Crippen LogP contribution in [-0.2, 0) is 4.74 Å². The topological polar surface area (TPSA) is 96.2 Å². The van der Waals surface area contributed by atoms with Crippen molar-refractivity contribution in [2.75, 3.05) is 50.2 Å². The molecule has 1 heterocycles. The normalized spacial score (nSPS) is 10.0. The van der Waals surface area contributed by atoms with Crippen LogP contribution in [0.5, 0.6) is 6.01 Å². The van der Waals surface area contributed by atoms with Gasteiger partial charge in [0.05, 0.1) is 25.7 Å². The maximum atomic E-state index is 8.77. The minimum atomic E-state index is 0.276. The monoisotopic (exact) mass is 294 g/mol. The minimum absolute atomic E-state index is 0.276. The number of hydrogen-bond donors (Lipinski definition) is 1. The number of methoxy groups -OCH3 is 1. The average Bonchev–Trinajstić information content (AvgIpc) is 2.48. The summed E-state index contributed by atoms with van der Waals surface area (Å²) in [6.07, 6.45) is 0.385. The van der Waals surface area contributed by atoms with Gasteiger partial charge in [0.25, 0.3) is 0 Å². The molecule has 0 amide bonds. The molecule has 0 aliphatic carbocycles. The first kappa shape index (κ1) is 16.9. The molecule has 0 aromatic carbocycles. The standard InChI is InChI=1S/C13H22N6O2/c1-4-15-11-16-12(18-13(17-11)21-5-2)19(8-6-7-14)9-10-20-3/h4-6,8-10H2,1-3H3,(H,15,16,17,18). The number of hydrogen-bond acceptors (Lipinski definition) is 8. The van der Waals surface area contributed by atoms with Gasteiger partial charge in [-0.05, 0) is 13.8 Å². The second-order valence-electron chi connectivity index (χ2n) is 4.09. The van der Waals surface area contributed by atoms with E-state index in [4.69, 9.17) is 14.7 Å². The van der Waals surface area contributed by atoms with Crippen LogP contribution in [0.25, 0.3) is 0 Å². The molecule has 1 aromatic heterocycles. The average molecular weight is 294 g/mol. The quantitative estimate of drug-likeness (QED) is 0.684. The summed E-state index contributed by atoms with van der Waals surface area (Å²) in [5, 5.41) is 11.8. The third kappa shape index (κ3) is 5.79. The van der Waals surface area contributed by atoms with E-state index in [1.54, 1.807) is 7.11 Å². The Morgan fingerprint density at radius 3 is 2.67 bits per heavy atom. The van der Waals surface area contributed by atoms with E-state index >= 15 is 0 Å². The molecule has 1 aromatic rings. The first-order chi connectivity index (χ1) is 10.2. The number of rotatable bonds is 10. The number of ether oxygens (including phenoxy) is 2. The molecule has 21 heavy (non-hydrogen) atoms. The van der Waals surface area contributed by atoms with Gasteiger partial charge >= 0.3 is 6.01 Å². The van der Waals surface area contributed by atoms with Crippen molar-refractivity contribution in [2.24, 2.45) is 0 Å². The van der Waals surface area contributed by atoms with Crippen molar-refractivity contribution in [3.63, 3.8) is 0 Å². The smallest absolute Gasteiger partial charge is 0.323 e. The predicted octanol–water partition coefficient (Wildman–Crippen LogP) is 1.07. The van der Waals surface area contributed by atoms with E-state index < -0.39 is 0 Å². The van der Waals surface area contributed by atoms with Gasteiger partial charge in [-0.2, -0.15) is 20.2 Å². The zero-order chi connectivity index (χ0) is 15.5. The lowest BCUT2D eigenvalue weighted by atomic mass is 10.4. The molecule has 0 aliphatic heterocycles. The maximum absolute atomic E-state index is 8.77. The highest BCUT2D eigenvalue weighted by atomic mass is 16.5. The number of nitrogens with zero attached hydrogens (tertiary/aromatic N) is 5. The largest absolute Gasteiger partial charge is 0.464 e. The van der Waals surface area contributed by atoms with E-state index in [2.05, 4.69) is 26.3 Å². The summed E-state index contributed by atoms with van der Waals surface area (Å²) < 4.78 is 10.5. The number of aromatic nitrogens is 3. The molecular weight excluding hydrogens is 272 g/mol. The molecule has 0 saturated carbocycles. The zero-order valence-electron chi connectivity index (χ0n) is 12.8. The molecule has 0 aliphatic rings. The Bertz CT molecular complexity index is 438. The molecule has 0 atom stereocenters. The van der Waals surface area contributed by atoms with Crippen molar-refractivity contribution in [1.29, 1.82) is 5.26 Å². The number of nitriles is 1. The Kier molecular flexibility index (Phi) is 7.82. The third-order valence-electron chi connectivity index (χ3n) is 2.55. The molecule has 8 heteroatoms. The Morgan fingerprint density at radius 1 is 1.24 bits per heavy atom. The maximum Gasteiger partial charge on any atom is 0.323 e. The fourth-order valence-electron chi connectivity index (χ4n) is 1.62. The molecule has 0 spiro atoms. The summed E-state index contributed by atoms with van der Waals surface area (Å²) in [6, 6.07) is 2.40. The van der Waals surface area contributed by atoms with Gasteiger partial charge in [-0.3, -0.25) is 0 Å². The van der Waals surface area contributed by atoms with Gasteiger partial charge in [-0.1, -0.05) is 0 Å². The molecule has 8 nitrogen and oxygen atoms in total. The lowest BCUT2D eigenvalue weighted by Gasteiger charge is -2.21. The van der Waals surface area contributed by atoms with Gasteiger partial charge in [0, 0.05) is 26.7 Å². The molecule has 0 saturated heterocycles. The van der Waals surface area contributed by atoms with E-state index in [-0.39, 0.29) is 6.01 Å². The molecule has 0 radical (unpaired) electrons. The van der Waals surface area contributed by atoms with E-state index in [0.717, 1.165) is 0 Å². The van der Waals surface area contributed by atoms with Crippen LogP contribution in [0.3, 0.4) is 0 Å². The van der Waals surface area contributed by atoms with Crippen LogP contribution in [0.4, 0.5) is 11.9 Å². The summed E-state index contributed by atoms with van der Waals surface area (Å²) in [5.74, 6) is 0.946. The molecule has 1 rings (SSSR count). The minimum Gasteiger partial charge on any atom is -0.464 e. The summed E-state index contributed by atoms with van der Waals surface area (Å²) >= 11 is 0. The van der Waals surface area contributed by atoms with Crippen LogP contribution in [0.15, 0.2) is 0 Å². The molecular formula is C13H22N6O2. The van der Waals surface area contributed by atoms with E-state index in [1.807, 2.05) is 18.7 Å². The summed E-state index contributed by atoms with van der Waals surface area (Å²) in [7, 11) is 1.63. The lowest BCUT2D eigenvalue weighted by molar-refractivity contribution is 0.205. The first-order valence-corrected chi connectivity index (χ1v) is 6.98. The van der Waals surface area contributed by atoms with Crippen molar-refractivity contribution < 1.29 is 9.47 Å². The van der Waals surface area contributed by atoms with Gasteiger partial charge in [0.15, 0.2) is 0 Å². The van der Waals surface area contributed by atoms with Crippen LogP contribution in [-0.4, -0.2) is 54.9 Å². The van der Waals surface area contributed by atoms with Gasteiger partial charge in [-0.15, -0.1) is 0 Å². The van der Waals surface area contributed by atoms with Crippen molar-refractivity contribution in [3.8, 4) is 12.1 Å². The van der Waals surface area contributed by atoms with Crippen LogP contribution in [0.2, 0.25) is 0 Å². The molecule has 0 unspecified atom stereocenters. The lowest BCUT2D eigenvalue weighted by Crippen LogP contribution is -2.30. The summed E-state index contributed by atoms with van der Waals surface area (Å²) in [4.78, 5) is 14.7. The molecule has 116 valence electrons. The van der Waals surface area contributed by atoms with Gasteiger partial charge in [-0.25, -0.2) is 0 Å².